The van der Waals surface area contributed by atoms with E-state index in [4.69, 9.17) is 24.0 Å². The molecule has 1 saturated carbocycles. The van der Waals surface area contributed by atoms with Gasteiger partial charge in [-0.25, -0.2) is 9.78 Å². The van der Waals surface area contributed by atoms with Gasteiger partial charge in [-0.15, -0.1) is 0 Å². The molecule has 2 bridgehead atoms. The van der Waals surface area contributed by atoms with Crippen LogP contribution in [0.15, 0.2) is 0 Å². The fraction of sp³-hybridized carbons (Fsp3) is 0.923. The predicted molar refractivity (Wildman–Crippen MR) is 125 cm³/mol. The van der Waals surface area contributed by atoms with Crippen molar-refractivity contribution in [3.05, 3.63) is 0 Å². The van der Waals surface area contributed by atoms with E-state index in [0.717, 1.165) is 38.8 Å². The summed E-state index contributed by atoms with van der Waals surface area (Å²) in [6, 6.07) is 0.480. The van der Waals surface area contributed by atoms with Crippen LogP contribution >= 0.6 is 0 Å². The molecule has 0 aromatic heterocycles. The lowest BCUT2D eigenvalue weighted by atomic mass is 9.58. The number of esters is 1. The average Bonchev–Trinajstić information content (AvgIpc) is 3.06. The number of hydrogen-bond donors (Lipinski definition) is 0. The fourth-order valence-electron chi connectivity index (χ4n) is 7.05. The van der Waals surface area contributed by atoms with E-state index in [9.17, 15) is 9.59 Å². The molecule has 5 heterocycles. The van der Waals surface area contributed by atoms with Crippen LogP contribution in [-0.2, 0) is 33.6 Å². The van der Waals surface area contributed by atoms with Gasteiger partial charge in [-0.05, 0) is 51.9 Å². The van der Waals surface area contributed by atoms with Crippen LogP contribution in [0.1, 0.15) is 73.1 Å². The molecule has 8 atom stereocenters. The van der Waals surface area contributed by atoms with Crippen LogP contribution in [-0.4, -0.2) is 77.9 Å². The SMILES string of the molecule is CC(C)N1CCN(C(=O)CCC(=O)O[C@@H]2O[C@@H]3O[C@]4(C)CC[C@H]5[C@H](C)CC[C@@H]([C@H]2C)[C@@]35OO4)CC1. The van der Waals surface area contributed by atoms with Gasteiger partial charge >= 0.3 is 5.97 Å². The van der Waals surface area contributed by atoms with E-state index in [1.165, 1.54) is 0 Å². The standard InChI is InChI=1S/C26H42N2O7/c1-16(2)27-12-14-28(15-13-27)21(29)8-9-22(30)31-23-18(4)20-7-6-17(3)19-10-11-25(5)33-24(32-23)26(19,20)35-34-25/h16-20,23-24H,6-15H2,1-5H3/t17-,18-,19+,20+,23-,24-,25+,26-/m1/s1. The molecule has 0 aromatic carbocycles. The molecule has 35 heavy (non-hydrogen) atoms. The lowest BCUT2D eigenvalue weighted by molar-refractivity contribution is -0.576. The van der Waals surface area contributed by atoms with Gasteiger partial charge < -0.3 is 19.1 Å². The zero-order chi connectivity index (χ0) is 25.0. The highest BCUT2D eigenvalue weighted by Crippen LogP contribution is 2.60. The Morgan fingerprint density at radius 1 is 1.00 bits per heavy atom. The topological polar surface area (TPSA) is 86.8 Å². The molecule has 1 spiro atoms. The Bertz CT molecular complexity index is 816. The van der Waals surface area contributed by atoms with Crippen LogP contribution in [0.4, 0.5) is 0 Å². The molecule has 0 unspecified atom stereocenters. The van der Waals surface area contributed by atoms with E-state index in [1.807, 2.05) is 11.8 Å². The van der Waals surface area contributed by atoms with Crippen molar-refractivity contribution in [2.24, 2.45) is 23.7 Å². The molecule has 0 radical (unpaired) electrons. The minimum absolute atomic E-state index is 0.00825. The summed E-state index contributed by atoms with van der Waals surface area (Å²) >= 11 is 0. The molecule has 1 amide bonds. The van der Waals surface area contributed by atoms with E-state index in [2.05, 4.69) is 32.6 Å². The van der Waals surface area contributed by atoms with Crippen molar-refractivity contribution in [3.8, 4) is 0 Å². The quantitative estimate of drug-likeness (QED) is 0.426. The Hall–Kier alpha value is -1.26. The van der Waals surface area contributed by atoms with Gasteiger partial charge in [-0.1, -0.05) is 13.8 Å². The molecule has 1 aliphatic carbocycles. The third-order valence-electron chi connectivity index (χ3n) is 9.28. The fourth-order valence-corrected chi connectivity index (χ4v) is 7.05. The highest BCUT2D eigenvalue weighted by atomic mass is 17.3. The number of rotatable bonds is 5. The predicted octanol–water partition coefficient (Wildman–Crippen LogP) is 3.07. The molecule has 9 nitrogen and oxygen atoms in total. The van der Waals surface area contributed by atoms with Crippen LogP contribution in [0.3, 0.4) is 0 Å². The zero-order valence-electron chi connectivity index (χ0n) is 21.9. The maximum absolute atomic E-state index is 12.8. The maximum atomic E-state index is 12.8. The second-order valence-corrected chi connectivity index (χ2v) is 11.8. The number of carbonyl (C=O) groups is 2. The number of amides is 1. The first kappa shape index (κ1) is 25.4. The van der Waals surface area contributed by atoms with Gasteiger partial charge in [0.1, 0.15) is 0 Å². The minimum atomic E-state index is -0.862. The normalized spacial score (nSPS) is 43.5. The second kappa shape index (κ2) is 9.56. The highest BCUT2D eigenvalue weighted by Gasteiger charge is 2.69. The Morgan fingerprint density at radius 3 is 2.46 bits per heavy atom. The van der Waals surface area contributed by atoms with E-state index in [1.54, 1.807) is 0 Å². The average molecular weight is 495 g/mol. The summed E-state index contributed by atoms with van der Waals surface area (Å²) in [5.74, 6) is -0.489. The van der Waals surface area contributed by atoms with Crippen molar-refractivity contribution in [3.63, 3.8) is 0 Å². The van der Waals surface area contributed by atoms with E-state index in [0.29, 0.717) is 25.0 Å². The van der Waals surface area contributed by atoms with Crippen LogP contribution in [0.25, 0.3) is 0 Å². The van der Waals surface area contributed by atoms with Crippen LogP contribution < -0.4 is 0 Å². The van der Waals surface area contributed by atoms with Gasteiger partial charge in [0.05, 0.1) is 6.42 Å². The molecule has 0 aromatic rings. The first-order valence-corrected chi connectivity index (χ1v) is 13.5. The molecule has 6 rings (SSSR count). The lowest BCUT2D eigenvalue weighted by Crippen LogP contribution is -2.70. The van der Waals surface area contributed by atoms with Crippen molar-refractivity contribution in [1.82, 2.24) is 9.80 Å². The van der Waals surface area contributed by atoms with E-state index >= 15 is 0 Å². The van der Waals surface area contributed by atoms with Crippen molar-refractivity contribution in [2.45, 2.75) is 103 Å². The molecule has 198 valence electrons. The molecule has 5 saturated heterocycles. The number of carbonyl (C=O) groups excluding carboxylic acids is 2. The first-order chi connectivity index (χ1) is 16.6. The Kier molecular flexibility index (Phi) is 6.94. The number of fused-ring (bicyclic) bond motifs is 2. The largest absolute Gasteiger partial charge is 0.435 e. The van der Waals surface area contributed by atoms with Crippen molar-refractivity contribution in [1.29, 1.82) is 0 Å². The second-order valence-electron chi connectivity index (χ2n) is 11.8. The zero-order valence-corrected chi connectivity index (χ0v) is 21.9. The van der Waals surface area contributed by atoms with Crippen LogP contribution in [0.2, 0.25) is 0 Å². The van der Waals surface area contributed by atoms with Gasteiger partial charge in [0.25, 0.3) is 0 Å². The minimum Gasteiger partial charge on any atom is -0.435 e. The molecule has 6 fully saturated rings. The highest BCUT2D eigenvalue weighted by molar-refractivity contribution is 5.81. The van der Waals surface area contributed by atoms with Gasteiger partial charge in [0, 0.05) is 56.9 Å². The van der Waals surface area contributed by atoms with Gasteiger partial charge in [-0.3, -0.25) is 14.5 Å². The summed E-state index contributed by atoms with van der Waals surface area (Å²) in [5.41, 5.74) is -0.676. The lowest BCUT2D eigenvalue weighted by Gasteiger charge is -2.59. The number of piperazine rings is 1. The number of ether oxygens (including phenoxy) is 3. The number of hydrogen-bond acceptors (Lipinski definition) is 8. The monoisotopic (exact) mass is 494 g/mol. The van der Waals surface area contributed by atoms with Crippen LogP contribution in [0, 0.1) is 23.7 Å². The number of nitrogens with zero attached hydrogens (tertiary/aromatic N) is 2. The van der Waals surface area contributed by atoms with Gasteiger partial charge in [-0.2, -0.15) is 0 Å². The molecular weight excluding hydrogens is 452 g/mol. The van der Waals surface area contributed by atoms with Crippen molar-refractivity contribution < 1.29 is 33.6 Å². The van der Waals surface area contributed by atoms with Crippen molar-refractivity contribution in [2.75, 3.05) is 26.2 Å². The summed E-state index contributed by atoms with van der Waals surface area (Å²) in [6.45, 7) is 13.7. The van der Waals surface area contributed by atoms with Crippen LogP contribution in [0.5, 0.6) is 0 Å². The Balaban J connectivity index is 1.20. The molecule has 5 aliphatic heterocycles. The van der Waals surface area contributed by atoms with E-state index < -0.39 is 29.9 Å². The first-order valence-electron chi connectivity index (χ1n) is 13.5. The maximum Gasteiger partial charge on any atom is 0.308 e. The van der Waals surface area contributed by atoms with Gasteiger partial charge in [0.15, 0.2) is 11.9 Å². The summed E-state index contributed by atoms with van der Waals surface area (Å²) < 4.78 is 18.4. The summed E-state index contributed by atoms with van der Waals surface area (Å²) in [6.07, 6.45) is 2.56. The molecule has 0 N–H and O–H groups in total. The summed E-state index contributed by atoms with van der Waals surface area (Å²) in [7, 11) is 0. The third-order valence-corrected chi connectivity index (χ3v) is 9.28. The van der Waals surface area contributed by atoms with Gasteiger partial charge in [0.2, 0.25) is 18.0 Å². The Morgan fingerprint density at radius 2 is 1.74 bits per heavy atom. The third kappa shape index (κ3) is 4.52. The molecule has 9 heteroatoms. The summed E-state index contributed by atoms with van der Waals surface area (Å²) in [5, 5.41) is 0. The van der Waals surface area contributed by atoms with E-state index in [-0.39, 0.29) is 36.5 Å². The summed E-state index contributed by atoms with van der Waals surface area (Å²) in [4.78, 5) is 41.6. The molecule has 6 aliphatic rings. The Labute approximate surface area is 208 Å². The van der Waals surface area contributed by atoms with Crippen molar-refractivity contribution >= 4 is 11.9 Å². The molecular formula is C26H42N2O7. The smallest absolute Gasteiger partial charge is 0.308 e.